The molecule has 0 aromatic heterocycles. The minimum atomic E-state index is -0.266. The molecule has 4 heteroatoms. The summed E-state index contributed by atoms with van der Waals surface area (Å²) in [5.41, 5.74) is 0.617. The first-order valence-corrected chi connectivity index (χ1v) is 6.62. The Morgan fingerprint density at radius 1 is 1.28 bits per heavy atom. The van der Waals surface area contributed by atoms with Gasteiger partial charge in [-0.05, 0) is 30.9 Å². The van der Waals surface area contributed by atoms with Crippen molar-refractivity contribution in [3.8, 4) is 0 Å². The fourth-order valence-electron chi connectivity index (χ4n) is 2.13. The molecule has 0 radical (unpaired) electrons. The van der Waals surface area contributed by atoms with Crippen LogP contribution >= 0.6 is 11.6 Å². The van der Waals surface area contributed by atoms with E-state index >= 15 is 0 Å². The minimum Gasteiger partial charge on any atom is -0.315 e. The fraction of sp³-hybridized carbons (Fsp3) is 0.357. The van der Waals surface area contributed by atoms with E-state index in [1.54, 1.807) is 18.3 Å². The molecule has 2 rings (SSSR count). The Kier molecular flexibility index (Phi) is 4.65. The van der Waals surface area contributed by atoms with Crippen LogP contribution in [0, 0.1) is 5.92 Å². The number of para-hydroxylation sites is 1. The molecule has 0 heterocycles. The summed E-state index contributed by atoms with van der Waals surface area (Å²) in [5.74, 6) is 0.616. The average Bonchev–Trinajstić information content (AvgIpc) is 2.85. The summed E-state index contributed by atoms with van der Waals surface area (Å²) in [5, 5.41) is 5.93. The monoisotopic (exact) mass is 264 g/mol. The Hall–Kier alpha value is -1.48. The van der Waals surface area contributed by atoms with E-state index in [0.29, 0.717) is 16.6 Å². The van der Waals surface area contributed by atoms with E-state index in [0.717, 1.165) is 0 Å². The van der Waals surface area contributed by atoms with Gasteiger partial charge in [0.1, 0.15) is 0 Å². The van der Waals surface area contributed by atoms with Gasteiger partial charge in [-0.1, -0.05) is 42.7 Å². The molecule has 2 N–H and O–H groups in total. The van der Waals surface area contributed by atoms with E-state index in [-0.39, 0.29) is 6.03 Å². The number of allylic oxidation sites excluding steroid dienone is 1. The normalized spacial score (nSPS) is 16.1. The second kappa shape index (κ2) is 6.45. The number of nitrogens with one attached hydrogen (secondary N) is 2. The second-order valence-corrected chi connectivity index (χ2v) is 4.89. The molecule has 1 fully saturated rings. The second-order valence-electron chi connectivity index (χ2n) is 4.48. The standard InChI is InChI=1S/C14H17ClN2O/c15-12-7-3-4-8-13(12)17-14(18)16-10-9-11-5-1-2-6-11/h3-4,7-11H,1-2,5-6H2,(H2,16,17,18)/b10-9+. The van der Waals surface area contributed by atoms with Crippen molar-refractivity contribution in [3.05, 3.63) is 41.6 Å². The Bertz CT molecular complexity index is 439. The fourth-order valence-corrected chi connectivity index (χ4v) is 2.31. The highest BCUT2D eigenvalue weighted by Gasteiger charge is 2.11. The zero-order valence-corrected chi connectivity index (χ0v) is 10.9. The van der Waals surface area contributed by atoms with Crippen molar-refractivity contribution in [1.29, 1.82) is 0 Å². The lowest BCUT2D eigenvalue weighted by Gasteiger charge is -2.06. The molecule has 1 aliphatic carbocycles. The number of carbonyl (C=O) groups excluding carboxylic acids is 1. The van der Waals surface area contributed by atoms with E-state index in [9.17, 15) is 4.79 Å². The number of hydrogen-bond acceptors (Lipinski definition) is 1. The molecular weight excluding hydrogens is 248 g/mol. The summed E-state index contributed by atoms with van der Waals surface area (Å²) in [6.07, 6.45) is 8.83. The van der Waals surface area contributed by atoms with E-state index in [2.05, 4.69) is 16.7 Å². The summed E-state index contributed by atoms with van der Waals surface area (Å²) in [6.45, 7) is 0. The largest absolute Gasteiger partial charge is 0.323 e. The summed E-state index contributed by atoms with van der Waals surface area (Å²) in [6, 6.07) is 6.90. The van der Waals surface area contributed by atoms with Gasteiger partial charge in [-0.15, -0.1) is 0 Å². The molecule has 1 saturated carbocycles. The average molecular weight is 265 g/mol. The third-order valence-electron chi connectivity index (χ3n) is 3.10. The summed E-state index contributed by atoms with van der Waals surface area (Å²) < 4.78 is 0. The van der Waals surface area contributed by atoms with Crippen molar-refractivity contribution in [1.82, 2.24) is 5.32 Å². The van der Waals surface area contributed by atoms with Crippen LogP contribution < -0.4 is 10.6 Å². The molecular formula is C14H17ClN2O. The Morgan fingerprint density at radius 3 is 2.72 bits per heavy atom. The quantitative estimate of drug-likeness (QED) is 0.845. The van der Waals surface area contributed by atoms with Gasteiger partial charge in [-0.2, -0.15) is 0 Å². The maximum absolute atomic E-state index is 11.6. The molecule has 1 aromatic rings. The summed E-state index contributed by atoms with van der Waals surface area (Å²) in [4.78, 5) is 11.6. The highest BCUT2D eigenvalue weighted by atomic mass is 35.5. The predicted molar refractivity (Wildman–Crippen MR) is 74.7 cm³/mol. The zero-order valence-electron chi connectivity index (χ0n) is 10.2. The molecule has 0 saturated heterocycles. The van der Waals surface area contributed by atoms with Gasteiger partial charge < -0.3 is 10.6 Å². The van der Waals surface area contributed by atoms with Crippen LogP contribution in [0.25, 0.3) is 0 Å². The highest BCUT2D eigenvalue weighted by molar-refractivity contribution is 6.33. The molecule has 96 valence electrons. The van der Waals surface area contributed by atoms with Gasteiger partial charge in [0.15, 0.2) is 0 Å². The van der Waals surface area contributed by atoms with Crippen LogP contribution in [0.3, 0.4) is 0 Å². The first-order chi connectivity index (χ1) is 8.75. The van der Waals surface area contributed by atoms with Gasteiger partial charge in [0, 0.05) is 6.20 Å². The van der Waals surface area contributed by atoms with Crippen LogP contribution in [0.1, 0.15) is 25.7 Å². The number of halogens is 1. The van der Waals surface area contributed by atoms with Crippen molar-refractivity contribution in [3.63, 3.8) is 0 Å². The van der Waals surface area contributed by atoms with Crippen LogP contribution in [0.2, 0.25) is 5.02 Å². The SMILES string of the molecule is O=C(N/C=C/C1CCCC1)Nc1ccccc1Cl. The molecule has 0 spiro atoms. The number of anilines is 1. The van der Waals surface area contributed by atoms with Gasteiger partial charge in [-0.25, -0.2) is 4.79 Å². The van der Waals surface area contributed by atoms with Crippen LogP contribution in [-0.4, -0.2) is 6.03 Å². The van der Waals surface area contributed by atoms with Crippen molar-refractivity contribution < 1.29 is 4.79 Å². The number of hydrogen-bond donors (Lipinski definition) is 2. The van der Waals surface area contributed by atoms with Crippen molar-refractivity contribution in [2.24, 2.45) is 5.92 Å². The van der Waals surface area contributed by atoms with Crippen LogP contribution in [0.4, 0.5) is 10.5 Å². The molecule has 2 amide bonds. The molecule has 1 aliphatic rings. The molecule has 0 unspecified atom stereocenters. The summed E-state index contributed by atoms with van der Waals surface area (Å²) >= 11 is 5.95. The highest BCUT2D eigenvalue weighted by Crippen LogP contribution is 2.25. The van der Waals surface area contributed by atoms with Crippen molar-refractivity contribution >= 4 is 23.3 Å². The Balaban J connectivity index is 1.80. The number of carbonyl (C=O) groups is 1. The van der Waals surface area contributed by atoms with Gasteiger partial charge >= 0.3 is 6.03 Å². The zero-order chi connectivity index (χ0) is 12.8. The lowest BCUT2D eigenvalue weighted by molar-refractivity contribution is 0.255. The van der Waals surface area contributed by atoms with Crippen LogP contribution in [-0.2, 0) is 0 Å². The van der Waals surface area contributed by atoms with E-state index in [1.165, 1.54) is 25.7 Å². The number of rotatable bonds is 3. The van der Waals surface area contributed by atoms with E-state index in [1.807, 2.05) is 12.1 Å². The van der Waals surface area contributed by atoms with Crippen molar-refractivity contribution in [2.45, 2.75) is 25.7 Å². The van der Waals surface area contributed by atoms with Crippen LogP contribution in [0.5, 0.6) is 0 Å². The number of amides is 2. The van der Waals surface area contributed by atoms with E-state index in [4.69, 9.17) is 11.6 Å². The number of benzene rings is 1. The van der Waals surface area contributed by atoms with Gasteiger partial charge in [-0.3, -0.25) is 0 Å². The topological polar surface area (TPSA) is 41.1 Å². The smallest absolute Gasteiger partial charge is 0.315 e. The molecule has 0 aliphatic heterocycles. The Labute approximate surface area is 112 Å². The van der Waals surface area contributed by atoms with Gasteiger partial charge in [0.25, 0.3) is 0 Å². The lowest BCUT2D eigenvalue weighted by atomic mass is 10.1. The maximum Gasteiger partial charge on any atom is 0.323 e. The molecule has 18 heavy (non-hydrogen) atoms. The first-order valence-electron chi connectivity index (χ1n) is 6.24. The first kappa shape index (κ1) is 13.0. The molecule has 1 aromatic carbocycles. The maximum atomic E-state index is 11.6. The lowest BCUT2D eigenvalue weighted by Crippen LogP contribution is -2.24. The van der Waals surface area contributed by atoms with Crippen LogP contribution in [0.15, 0.2) is 36.5 Å². The number of urea groups is 1. The van der Waals surface area contributed by atoms with Crippen molar-refractivity contribution in [2.75, 3.05) is 5.32 Å². The molecule has 0 bridgehead atoms. The third kappa shape index (κ3) is 3.77. The third-order valence-corrected chi connectivity index (χ3v) is 3.43. The van der Waals surface area contributed by atoms with Gasteiger partial charge in [0.05, 0.1) is 10.7 Å². The Morgan fingerprint density at radius 2 is 2.00 bits per heavy atom. The predicted octanol–water partition coefficient (Wildman–Crippen LogP) is 4.17. The molecule has 3 nitrogen and oxygen atoms in total. The molecule has 0 atom stereocenters. The minimum absolute atomic E-state index is 0.266. The van der Waals surface area contributed by atoms with Gasteiger partial charge in [0.2, 0.25) is 0 Å². The summed E-state index contributed by atoms with van der Waals surface area (Å²) in [7, 11) is 0. The van der Waals surface area contributed by atoms with E-state index < -0.39 is 0 Å².